The molecule has 0 spiro atoms. The Bertz CT molecular complexity index is 676. The van der Waals surface area contributed by atoms with E-state index in [1.807, 2.05) is 43.3 Å². The molecule has 0 bridgehead atoms. The lowest BCUT2D eigenvalue weighted by Gasteiger charge is -2.03. The van der Waals surface area contributed by atoms with Crippen LogP contribution in [-0.2, 0) is 0 Å². The highest BCUT2D eigenvalue weighted by atomic mass is 16.5. The van der Waals surface area contributed by atoms with Gasteiger partial charge in [-0.1, -0.05) is 42.5 Å². The molecule has 0 heterocycles. The lowest BCUT2D eigenvalue weighted by Crippen LogP contribution is -2.17. The third-order valence-corrected chi connectivity index (χ3v) is 2.92. The molecule has 0 radical (unpaired) electrons. The average molecular weight is 294 g/mol. The molecule has 1 N–H and O–H groups in total. The number of nitrogens with zero attached hydrogens (tertiary/aromatic N) is 1. The molecule has 0 atom stereocenters. The van der Waals surface area contributed by atoms with Crippen molar-refractivity contribution in [2.24, 2.45) is 5.10 Å². The Labute approximate surface area is 130 Å². The van der Waals surface area contributed by atoms with Crippen LogP contribution in [0.1, 0.15) is 21.5 Å². The number of benzene rings is 2. The van der Waals surface area contributed by atoms with Gasteiger partial charge in [0.1, 0.15) is 12.4 Å². The highest BCUT2D eigenvalue weighted by Gasteiger charge is 2.02. The maximum atomic E-state index is 11.9. The quantitative estimate of drug-likeness (QED) is 0.505. The summed E-state index contributed by atoms with van der Waals surface area (Å²) in [6.07, 6.45) is 3.26. The van der Waals surface area contributed by atoms with Gasteiger partial charge in [0.2, 0.25) is 0 Å². The standard InChI is InChI=1S/C18H18N2O2/c1-3-11-22-17-6-4-5-15(12-17)13-19-20-18(21)16-9-7-14(2)8-10-16/h3-10,12-13H,1,11H2,2H3,(H,20,21)/b19-13-. The molecule has 0 aliphatic heterocycles. The summed E-state index contributed by atoms with van der Waals surface area (Å²) in [4.78, 5) is 11.9. The number of carbonyl (C=O) groups is 1. The fourth-order valence-electron chi connectivity index (χ4n) is 1.77. The Kier molecular flexibility index (Phi) is 5.49. The molecule has 2 aromatic carbocycles. The fraction of sp³-hybridized carbons (Fsp3) is 0.111. The lowest BCUT2D eigenvalue weighted by atomic mass is 10.1. The number of hydrogen-bond acceptors (Lipinski definition) is 3. The zero-order valence-electron chi connectivity index (χ0n) is 12.5. The summed E-state index contributed by atoms with van der Waals surface area (Å²) < 4.78 is 5.44. The van der Waals surface area contributed by atoms with E-state index < -0.39 is 0 Å². The second-order valence-electron chi connectivity index (χ2n) is 4.74. The van der Waals surface area contributed by atoms with Crippen LogP contribution in [0.25, 0.3) is 0 Å². The minimum Gasteiger partial charge on any atom is -0.490 e. The van der Waals surface area contributed by atoms with Crippen LogP contribution in [0.4, 0.5) is 0 Å². The molecule has 1 amide bonds. The summed E-state index contributed by atoms with van der Waals surface area (Å²) in [5.74, 6) is 0.490. The van der Waals surface area contributed by atoms with Gasteiger partial charge in [-0.2, -0.15) is 5.10 Å². The molecule has 2 aromatic rings. The van der Waals surface area contributed by atoms with E-state index in [9.17, 15) is 4.79 Å². The smallest absolute Gasteiger partial charge is 0.271 e. The van der Waals surface area contributed by atoms with Crippen molar-refractivity contribution in [2.45, 2.75) is 6.92 Å². The zero-order chi connectivity index (χ0) is 15.8. The van der Waals surface area contributed by atoms with Gasteiger partial charge in [-0.25, -0.2) is 5.43 Å². The molecule has 0 aliphatic rings. The van der Waals surface area contributed by atoms with Crippen LogP contribution in [0.3, 0.4) is 0 Å². The molecule has 2 rings (SSSR count). The molecule has 4 nitrogen and oxygen atoms in total. The highest BCUT2D eigenvalue weighted by Crippen LogP contribution is 2.11. The lowest BCUT2D eigenvalue weighted by molar-refractivity contribution is 0.0955. The van der Waals surface area contributed by atoms with Crippen molar-refractivity contribution in [3.05, 3.63) is 77.9 Å². The first-order chi connectivity index (χ1) is 10.7. The molecule has 0 fully saturated rings. The summed E-state index contributed by atoms with van der Waals surface area (Å²) in [6, 6.07) is 14.7. The fourth-order valence-corrected chi connectivity index (χ4v) is 1.77. The molecule has 0 aromatic heterocycles. The predicted molar refractivity (Wildman–Crippen MR) is 88.4 cm³/mol. The van der Waals surface area contributed by atoms with E-state index in [4.69, 9.17) is 4.74 Å². The number of aryl methyl sites for hydroxylation is 1. The van der Waals surface area contributed by atoms with E-state index in [0.717, 1.165) is 16.9 Å². The van der Waals surface area contributed by atoms with Crippen LogP contribution in [0.15, 0.2) is 66.3 Å². The minimum atomic E-state index is -0.240. The number of amides is 1. The van der Waals surface area contributed by atoms with Gasteiger partial charge in [0.05, 0.1) is 6.21 Å². The van der Waals surface area contributed by atoms with E-state index >= 15 is 0 Å². The Balaban J connectivity index is 1.95. The predicted octanol–water partition coefficient (Wildman–Crippen LogP) is 3.32. The topological polar surface area (TPSA) is 50.7 Å². The third-order valence-electron chi connectivity index (χ3n) is 2.92. The van der Waals surface area contributed by atoms with E-state index in [1.54, 1.807) is 24.4 Å². The number of rotatable bonds is 6. The number of hydrazone groups is 1. The second-order valence-corrected chi connectivity index (χ2v) is 4.74. The van der Waals surface area contributed by atoms with Crippen molar-refractivity contribution in [3.63, 3.8) is 0 Å². The van der Waals surface area contributed by atoms with Crippen molar-refractivity contribution in [2.75, 3.05) is 6.61 Å². The molecular formula is C18H18N2O2. The number of nitrogens with one attached hydrogen (secondary N) is 1. The van der Waals surface area contributed by atoms with E-state index in [0.29, 0.717) is 12.2 Å². The Morgan fingerprint density at radius 1 is 1.27 bits per heavy atom. The number of carbonyl (C=O) groups excluding carboxylic acids is 1. The van der Waals surface area contributed by atoms with E-state index in [-0.39, 0.29) is 5.91 Å². The van der Waals surface area contributed by atoms with Crippen LogP contribution in [0.2, 0.25) is 0 Å². The molecule has 22 heavy (non-hydrogen) atoms. The number of hydrogen-bond donors (Lipinski definition) is 1. The van der Waals surface area contributed by atoms with Crippen LogP contribution < -0.4 is 10.2 Å². The highest BCUT2D eigenvalue weighted by molar-refractivity contribution is 5.94. The number of ether oxygens (including phenoxy) is 1. The third kappa shape index (κ3) is 4.59. The maximum absolute atomic E-state index is 11.9. The molecule has 0 aliphatic carbocycles. The first-order valence-electron chi connectivity index (χ1n) is 6.93. The molecule has 112 valence electrons. The Morgan fingerprint density at radius 2 is 2.05 bits per heavy atom. The van der Waals surface area contributed by atoms with Crippen LogP contribution in [0, 0.1) is 6.92 Å². The molecular weight excluding hydrogens is 276 g/mol. The summed E-state index contributed by atoms with van der Waals surface area (Å²) >= 11 is 0. The largest absolute Gasteiger partial charge is 0.490 e. The Hall–Kier alpha value is -2.88. The summed E-state index contributed by atoms with van der Waals surface area (Å²) in [7, 11) is 0. The monoisotopic (exact) mass is 294 g/mol. The van der Waals surface area contributed by atoms with Crippen molar-refractivity contribution in [3.8, 4) is 5.75 Å². The molecule has 4 heteroatoms. The van der Waals surface area contributed by atoms with E-state index in [1.165, 1.54) is 0 Å². The van der Waals surface area contributed by atoms with Crippen molar-refractivity contribution >= 4 is 12.1 Å². The normalized spacial score (nSPS) is 10.4. The van der Waals surface area contributed by atoms with Gasteiger partial charge in [0, 0.05) is 5.56 Å². The first-order valence-corrected chi connectivity index (χ1v) is 6.93. The van der Waals surface area contributed by atoms with Gasteiger partial charge in [-0.05, 0) is 36.8 Å². The zero-order valence-corrected chi connectivity index (χ0v) is 12.5. The van der Waals surface area contributed by atoms with E-state index in [2.05, 4.69) is 17.1 Å². The maximum Gasteiger partial charge on any atom is 0.271 e. The first kappa shape index (κ1) is 15.5. The van der Waals surface area contributed by atoms with Crippen molar-refractivity contribution in [1.82, 2.24) is 5.43 Å². The van der Waals surface area contributed by atoms with Gasteiger partial charge in [-0.3, -0.25) is 4.79 Å². The van der Waals surface area contributed by atoms with Gasteiger partial charge in [0.25, 0.3) is 5.91 Å². The average Bonchev–Trinajstić information content (AvgIpc) is 2.54. The van der Waals surface area contributed by atoms with Crippen molar-refractivity contribution in [1.29, 1.82) is 0 Å². The molecule has 0 saturated heterocycles. The molecule has 0 saturated carbocycles. The van der Waals surface area contributed by atoms with Gasteiger partial charge in [-0.15, -0.1) is 0 Å². The van der Waals surface area contributed by atoms with Crippen LogP contribution >= 0.6 is 0 Å². The van der Waals surface area contributed by atoms with Gasteiger partial charge < -0.3 is 4.74 Å². The van der Waals surface area contributed by atoms with Gasteiger partial charge >= 0.3 is 0 Å². The van der Waals surface area contributed by atoms with Crippen LogP contribution in [0.5, 0.6) is 5.75 Å². The van der Waals surface area contributed by atoms with Crippen LogP contribution in [-0.4, -0.2) is 18.7 Å². The van der Waals surface area contributed by atoms with Crippen molar-refractivity contribution < 1.29 is 9.53 Å². The minimum absolute atomic E-state index is 0.240. The van der Waals surface area contributed by atoms with Gasteiger partial charge in [0.15, 0.2) is 0 Å². The summed E-state index contributed by atoms with van der Waals surface area (Å²) in [6.45, 7) is 6.03. The summed E-state index contributed by atoms with van der Waals surface area (Å²) in [5.41, 5.74) is 5.02. The SMILES string of the molecule is C=CCOc1cccc(/C=N\NC(=O)c2ccc(C)cc2)c1. The molecule has 0 unspecified atom stereocenters. The second kappa shape index (κ2) is 7.78. The summed E-state index contributed by atoms with van der Waals surface area (Å²) in [5, 5.41) is 3.96. The Morgan fingerprint density at radius 3 is 2.77 bits per heavy atom.